The van der Waals surface area contributed by atoms with Gasteiger partial charge in [-0.3, -0.25) is 0 Å². The number of benzene rings is 1. The molecule has 1 atom stereocenters. The Morgan fingerprint density at radius 1 is 1.38 bits per heavy atom. The van der Waals surface area contributed by atoms with Crippen molar-refractivity contribution in [1.29, 1.82) is 0 Å². The zero-order valence-electron chi connectivity index (χ0n) is 9.74. The SMILES string of the molecule is Cc1ccc2c(c1)cc1n2CCCC1CN. The van der Waals surface area contributed by atoms with Crippen LogP contribution in [0.4, 0.5) is 0 Å². The van der Waals surface area contributed by atoms with Gasteiger partial charge in [-0.25, -0.2) is 0 Å². The van der Waals surface area contributed by atoms with Gasteiger partial charge in [0.25, 0.3) is 0 Å². The lowest BCUT2D eigenvalue weighted by Gasteiger charge is -2.24. The molecule has 2 heterocycles. The van der Waals surface area contributed by atoms with E-state index in [0.29, 0.717) is 5.92 Å². The van der Waals surface area contributed by atoms with Crippen LogP contribution in [-0.4, -0.2) is 11.1 Å². The molecule has 3 rings (SSSR count). The maximum atomic E-state index is 5.86. The number of aryl methyl sites for hydroxylation is 2. The second kappa shape index (κ2) is 3.63. The first kappa shape index (κ1) is 9.91. The van der Waals surface area contributed by atoms with Crippen LogP contribution in [0.1, 0.15) is 30.0 Å². The largest absolute Gasteiger partial charge is 0.344 e. The van der Waals surface area contributed by atoms with Crippen LogP contribution in [0.25, 0.3) is 10.9 Å². The summed E-state index contributed by atoms with van der Waals surface area (Å²) in [5.74, 6) is 0.557. The number of rotatable bonds is 1. The van der Waals surface area contributed by atoms with E-state index in [0.717, 1.165) is 13.1 Å². The van der Waals surface area contributed by atoms with Crippen molar-refractivity contribution >= 4 is 10.9 Å². The fourth-order valence-electron chi connectivity index (χ4n) is 2.88. The summed E-state index contributed by atoms with van der Waals surface area (Å²) in [4.78, 5) is 0. The van der Waals surface area contributed by atoms with Gasteiger partial charge in [0.1, 0.15) is 0 Å². The van der Waals surface area contributed by atoms with Crippen LogP contribution in [0.15, 0.2) is 24.3 Å². The van der Waals surface area contributed by atoms with E-state index in [1.807, 2.05) is 0 Å². The number of aromatic nitrogens is 1. The van der Waals surface area contributed by atoms with Crippen LogP contribution in [-0.2, 0) is 6.54 Å². The van der Waals surface area contributed by atoms with Gasteiger partial charge in [0, 0.05) is 35.6 Å². The van der Waals surface area contributed by atoms with E-state index in [2.05, 4.69) is 35.8 Å². The molecular formula is C14H18N2. The summed E-state index contributed by atoms with van der Waals surface area (Å²) in [5.41, 5.74) is 10.0. The summed E-state index contributed by atoms with van der Waals surface area (Å²) in [7, 11) is 0. The fourth-order valence-corrected chi connectivity index (χ4v) is 2.88. The van der Waals surface area contributed by atoms with Crippen molar-refractivity contribution in [3.05, 3.63) is 35.5 Å². The normalized spacial score (nSPS) is 20.0. The smallest absolute Gasteiger partial charge is 0.0482 e. The fraction of sp³-hybridized carbons (Fsp3) is 0.429. The third-order valence-corrected chi connectivity index (χ3v) is 3.73. The van der Waals surface area contributed by atoms with Crippen LogP contribution in [0.2, 0.25) is 0 Å². The number of hydrogen-bond donors (Lipinski definition) is 1. The molecule has 0 radical (unpaired) electrons. The van der Waals surface area contributed by atoms with Gasteiger partial charge in [0.15, 0.2) is 0 Å². The van der Waals surface area contributed by atoms with Crippen molar-refractivity contribution in [1.82, 2.24) is 4.57 Å². The first-order valence-electron chi connectivity index (χ1n) is 6.09. The lowest BCUT2D eigenvalue weighted by atomic mass is 9.96. The van der Waals surface area contributed by atoms with Gasteiger partial charge in [-0.1, -0.05) is 11.6 Å². The minimum absolute atomic E-state index is 0.557. The zero-order valence-corrected chi connectivity index (χ0v) is 9.74. The average molecular weight is 214 g/mol. The van der Waals surface area contributed by atoms with Gasteiger partial charge in [-0.15, -0.1) is 0 Å². The molecule has 2 N–H and O–H groups in total. The molecule has 16 heavy (non-hydrogen) atoms. The van der Waals surface area contributed by atoms with Crippen LogP contribution in [0, 0.1) is 6.92 Å². The molecule has 1 aliphatic rings. The highest BCUT2D eigenvalue weighted by Crippen LogP contribution is 2.32. The van der Waals surface area contributed by atoms with Gasteiger partial charge in [0.2, 0.25) is 0 Å². The quantitative estimate of drug-likeness (QED) is 0.777. The molecule has 0 amide bonds. The minimum atomic E-state index is 0.557. The third kappa shape index (κ3) is 1.37. The van der Waals surface area contributed by atoms with E-state index in [9.17, 15) is 0 Å². The number of nitrogens with two attached hydrogens (primary N) is 1. The molecule has 1 aromatic carbocycles. The number of nitrogens with zero attached hydrogens (tertiary/aromatic N) is 1. The average Bonchev–Trinajstić information content (AvgIpc) is 2.65. The van der Waals surface area contributed by atoms with Crippen LogP contribution in [0.3, 0.4) is 0 Å². The first-order valence-corrected chi connectivity index (χ1v) is 6.09. The van der Waals surface area contributed by atoms with Gasteiger partial charge in [-0.05, 0) is 38.0 Å². The molecule has 0 spiro atoms. The van der Waals surface area contributed by atoms with E-state index >= 15 is 0 Å². The Morgan fingerprint density at radius 3 is 3.06 bits per heavy atom. The van der Waals surface area contributed by atoms with Crippen molar-refractivity contribution < 1.29 is 0 Å². The van der Waals surface area contributed by atoms with Gasteiger partial charge < -0.3 is 10.3 Å². The molecule has 84 valence electrons. The molecule has 0 saturated heterocycles. The summed E-state index contributed by atoms with van der Waals surface area (Å²) in [5, 5.41) is 1.37. The van der Waals surface area contributed by atoms with Crippen molar-refractivity contribution in [2.75, 3.05) is 6.54 Å². The zero-order chi connectivity index (χ0) is 11.1. The maximum absolute atomic E-state index is 5.86. The Morgan fingerprint density at radius 2 is 2.25 bits per heavy atom. The van der Waals surface area contributed by atoms with E-state index in [-0.39, 0.29) is 0 Å². The van der Waals surface area contributed by atoms with Crippen LogP contribution >= 0.6 is 0 Å². The molecule has 2 aromatic rings. The Bertz CT molecular complexity index is 525. The molecule has 2 nitrogen and oxygen atoms in total. The summed E-state index contributed by atoms with van der Waals surface area (Å²) in [6.45, 7) is 4.07. The molecule has 0 fully saturated rings. The first-order chi connectivity index (χ1) is 7.79. The topological polar surface area (TPSA) is 30.9 Å². The molecule has 1 aliphatic heterocycles. The Labute approximate surface area is 96.1 Å². The van der Waals surface area contributed by atoms with E-state index < -0.39 is 0 Å². The van der Waals surface area contributed by atoms with Crippen LogP contribution in [0.5, 0.6) is 0 Å². The Balaban J connectivity index is 2.24. The molecule has 0 bridgehead atoms. The Kier molecular flexibility index (Phi) is 2.25. The molecule has 2 heteroatoms. The van der Waals surface area contributed by atoms with Gasteiger partial charge in [-0.2, -0.15) is 0 Å². The van der Waals surface area contributed by atoms with Crippen molar-refractivity contribution in [2.24, 2.45) is 5.73 Å². The lowest BCUT2D eigenvalue weighted by Crippen LogP contribution is -2.21. The van der Waals surface area contributed by atoms with E-state index in [1.54, 1.807) is 0 Å². The molecule has 1 unspecified atom stereocenters. The number of hydrogen-bond acceptors (Lipinski definition) is 1. The van der Waals surface area contributed by atoms with Crippen molar-refractivity contribution in [2.45, 2.75) is 32.2 Å². The summed E-state index contributed by atoms with van der Waals surface area (Å²) < 4.78 is 2.45. The lowest BCUT2D eigenvalue weighted by molar-refractivity contribution is 0.467. The molecule has 1 aromatic heterocycles. The predicted molar refractivity (Wildman–Crippen MR) is 67.7 cm³/mol. The molecular weight excluding hydrogens is 196 g/mol. The van der Waals surface area contributed by atoms with E-state index in [4.69, 9.17) is 5.73 Å². The van der Waals surface area contributed by atoms with Crippen LogP contribution < -0.4 is 5.73 Å². The second-order valence-corrected chi connectivity index (χ2v) is 4.86. The van der Waals surface area contributed by atoms with E-state index in [1.165, 1.54) is 35.0 Å². The maximum Gasteiger partial charge on any atom is 0.0482 e. The highest BCUT2D eigenvalue weighted by atomic mass is 15.0. The predicted octanol–water partition coefficient (Wildman–Crippen LogP) is 2.79. The highest BCUT2D eigenvalue weighted by Gasteiger charge is 2.20. The second-order valence-electron chi connectivity index (χ2n) is 4.86. The van der Waals surface area contributed by atoms with Gasteiger partial charge >= 0.3 is 0 Å². The minimum Gasteiger partial charge on any atom is -0.344 e. The third-order valence-electron chi connectivity index (χ3n) is 3.73. The molecule has 0 saturated carbocycles. The summed E-state index contributed by atoms with van der Waals surface area (Å²) in [6.07, 6.45) is 2.50. The van der Waals surface area contributed by atoms with Crippen molar-refractivity contribution in [3.8, 4) is 0 Å². The molecule has 0 aliphatic carbocycles. The standard InChI is InChI=1S/C14H18N2/c1-10-4-5-13-12(7-10)8-14-11(9-15)3-2-6-16(13)14/h4-5,7-8,11H,2-3,6,9,15H2,1H3. The summed E-state index contributed by atoms with van der Waals surface area (Å²) in [6, 6.07) is 9.04. The Hall–Kier alpha value is -1.28. The van der Waals surface area contributed by atoms with Gasteiger partial charge in [0.05, 0.1) is 0 Å². The van der Waals surface area contributed by atoms with Crippen molar-refractivity contribution in [3.63, 3.8) is 0 Å². The number of fused-ring (bicyclic) bond motifs is 3. The highest BCUT2D eigenvalue weighted by molar-refractivity contribution is 5.82. The summed E-state index contributed by atoms with van der Waals surface area (Å²) >= 11 is 0. The monoisotopic (exact) mass is 214 g/mol.